The molecule has 3 fully saturated rings. The molecule has 0 aliphatic carbocycles. The second-order valence-electron chi connectivity index (χ2n) is 7.80. The molecule has 3 atom stereocenters. The van der Waals surface area contributed by atoms with E-state index in [1.54, 1.807) is 0 Å². The molecular formula is C19H28N4O2. The fourth-order valence-electron chi connectivity index (χ4n) is 4.49. The Hall–Kier alpha value is -1.63. The summed E-state index contributed by atoms with van der Waals surface area (Å²) in [5.74, 6) is 0. The van der Waals surface area contributed by atoms with Gasteiger partial charge in [0.15, 0.2) is 0 Å². The van der Waals surface area contributed by atoms with Gasteiger partial charge in [-0.1, -0.05) is 30.3 Å². The van der Waals surface area contributed by atoms with Crippen LogP contribution < -0.4 is 5.32 Å². The molecule has 4 rings (SSSR count). The molecule has 2 amide bonds. The molecular weight excluding hydrogens is 316 g/mol. The summed E-state index contributed by atoms with van der Waals surface area (Å²) in [5.41, 5.74) is 1.36. The number of amides is 2. The Labute approximate surface area is 149 Å². The first-order valence-corrected chi connectivity index (χ1v) is 9.52. The Balaban J connectivity index is 1.23. The first-order valence-electron chi connectivity index (χ1n) is 9.52. The van der Waals surface area contributed by atoms with Crippen LogP contribution in [0.3, 0.4) is 0 Å². The van der Waals surface area contributed by atoms with Crippen molar-refractivity contribution >= 4 is 6.03 Å². The summed E-state index contributed by atoms with van der Waals surface area (Å²) in [5, 5.41) is 15.5. The Morgan fingerprint density at radius 2 is 2.04 bits per heavy atom. The number of piperazine rings is 1. The first kappa shape index (κ1) is 16.8. The van der Waals surface area contributed by atoms with E-state index in [0.29, 0.717) is 26.2 Å². The number of rotatable bonds is 4. The van der Waals surface area contributed by atoms with Gasteiger partial charge in [-0.25, -0.2) is 4.79 Å². The van der Waals surface area contributed by atoms with Crippen molar-refractivity contribution in [3.63, 3.8) is 0 Å². The third-order valence-corrected chi connectivity index (χ3v) is 6.02. The molecule has 25 heavy (non-hydrogen) atoms. The summed E-state index contributed by atoms with van der Waals surface area (Å²) in [4.78, 5) is 17.0. The van der Waals surface area contributed by atoms with Crippen molar-refractivity contribution in [3.05, 3.63) is 41.1 Å². The van der Waals surface area contributed by atoms with Gasteiger partial charge in [0.1, 0.15) is 0 Å². The summed E-state index contributed by atoms with van der Waals surface area (Å²) in [6.07, 6.45) is 2.92. The molecule has 0 aromatic heterocycles. The van der Waals surface area contributed by atoms with E-state index >= 15 is 0 Å². The van der Waals surface area contributed by atoms with Crippen LogP contribution in [-0.4, -0.2) is 78.4 Å². The van der Waals surface area contributed by atoms with Gasteiger partial charge in [0.2, 0.25) is 0 Å². The third kappa shape index (κ3) is 3.81. The summed E-state index contributed by atoms with van der Waals surface area (Å²) in [6.45, 7) is 5.42. The van der Waals surface area contributed by atoms with Crippen molar-refractivity contribution in [3.8, 4) is 0 Å². The molecule has 3 saturated heterocycles. The molecule has 1 aromatic rings. The molecule has 3 aliphatic heterocycles. The van der Waals surface area contributed by atoms with Crippen LogP contribution in [-0.2, 0) is 6.42 Å². The van der Waals surface area contributed by atoms with E-state index in [0.717, 1.165) is 38.9 Å². The van der Waals surface area contributed by atoms with Crippen LogP contribution in [0.15, 0.2) is 30.3 Å². The Kier molecular flexibility index (Phi) is 4.67. The number of fused-ring (bicyclic) bond motifs is 2. The van der Waals surface area contributed by atoms with E-state index in [1.165, 1.54) is 5.56 Å². The number of nitrogens with zero attached hydrogens (tertiary/aromatic N) is 3. The van der Waals surface area contributed by atoms with Gasteiger partial charge in [-0.2, -0.15) is 0 Å². The van der Waals surface area contributed by atoms with Gasteiger partial charge >= 0.3 is 6.03 Å². The average Bonchev–Trinajstić information content (AvgIpc) is 3.18. The molecule has 2 bridgehead atoms. The Morgan fingerprint density at radius 1 is 1.20 bits per heavy atom. The molecule has 0 saturated carbocycles. The molecule has 136 valence electrons. The number of carbonyl (C=O) groups excluding carboxylic acids is 1. The van der Waals surface area contributed by atoms with Crippen LogP contribution in [0.5, 0.6) is 0 Å². The highest BCUT2D eigenvalue weighted by Crippen LogP contribution is 2.27. The highest BCUT2D eigenvalue weighted by molar-refractivity contribution is 5.75. The zero-order chi connectivity index (χ0) is 17.3. The predicted octanol–water partition coefficient (Wildman–Crippen LogP) is 1.42. The van der Waals surface area contributed by atoms with Crippen molar-refractivity contribution in [2.75, 3.05) is 45.8 Å². The molecule has 1 aromatic carbocycles. The zero-order valence-electron chi connectivity index (χ0n) is 14.8. The molecule has 1 N–H and O–H groups in total. The maximum absolute atomic E-state index is 12.6. The number of hydrogen-bond donors (Lipinski definition) is 1. The van der Waals surface area contributed by atoms with Crippen molar-refractivity contribution in [2.24, 2.45) is 0 Å². The maximum atomic E-state index is 12.6. The lowest BCUT2D eigenvalue weighted by Crippen LogP contribution is -2.58. The van der Waals surface area contributed by atoms with E-state index < -0.39 is 0 Å². The standard InChI is InChI=1S/C19H28N4O2/c24-19(22-11-13-23(25)12-8-18(22)15-23)20-17-7-10-21(14-17)9-6-16-4-2-1-3-5-16/h1-5,17-18H,6-15H2,(H,20,24)/t17?,18?,23-/m0/s1. The van der Waals surface area contributed by atoms with E-state index in [4.69, 9.17) is 0 Å². The van der Waals surface area contributed by atoms with Crippen LogP contribution in [0, 0.1) is 5.21 Å². The third-order valence-electron chi connectivity index (χ3n) is 6.02. The molecule has 0 radical (unpaired) electrons. The van der Waals surface area contributed by atoms with E-state index in [2.05, 4.69) is 34.5 Å². The van der Waals surface area contributed by atoms with Gasteiger partial charge in [0.05, 0.1) is 32.2 Å². The normalized spacial score (nSPS) is 32.1. The van der Waals surface area contributed by atoms with Crippen LogP contribution in [0.2, 0.25) is 0 Å². The summed E-state index contributed by atoms with van der Waals surface area (Å²) >= 11 is 0. The fourth-order valence-corrected chi connectivity index (χ4v) is 4.49. The topological polar surface area (TPSA) is 58.6 Å². The molecule has 3 heterocycles. The fraction of sp³-hybridized carbons (Fsp3) is 0.632. The number of hydroxylamine groups is 3. The lowest BCUT2D eigenvalue weighted by molar-refractivity contribution is -0.872. The van der Waals surface area contributed by atoms with Gasteiger partial charge in [0.25, 0.3) is 0 Å². The van der Waals surface area contributed by atoms with Crippen molar-refractivity contribution in [1.82, 2.24) is 15.1 Å². The summed E-state index contributed by atoms with van der Waals surface area (Å²) in [7, 11) is 0. The minimum Gasteiger partial charge on any atom is -0.633 e. The second kappa shape index (κ2) is 6.94. The maximum Gasteiger partial charge on any atom is 0.318 e. The van der Waals surface area contributed by atoms with E-state index in [9.17, 15) is 10.0 Å². The van der Waals surface area contributed by atoms with Crippen LogP contribution in [0.4, 0.5) is 4.79 Å². The molecule has 3 aliphatic rings. The van der Waals surface area contributed by atoms with Crippen LogP contribution >= 0.6 is 0 Å². The zero-order valence-corrected chi connectivity index (χ0v) is 14.8. The van der Waals surface area contributed by atoms with Gasteiger partial charge in [0, 0.05) is 32.1 Å². The minimum absolute atomic E-state index is 0.0352. The number of likely N-dealkylation sites (tertiary alicyclic amines) is 1. The highest BCUT2D eigenvalue weighted by atomic mass is 16.5. The number of urea groups is 1. The largest absolute Gasteiger partial charge is 0.633 e. The van der Waals surface area contributed by atoms with Crippen molar-refractivity contribution in [1.29, 1.82) is 0 Å². The average molecular weight is 344 g/mol. The number of carbonyl (C=O) groups is 1. The van der Waals surface area contributed by atoms with Crippen molar-refractivity contribution in [2.45, 2.75) is 31.3 Å². The second-order valence-corrected chi connectivity index (χ2v) is 7.80. The first-order chi connectivity index (χ1) is 12.1. The van der Waals surface area contributed by atoms with Crippen molar-refractivity contribution < 1.29 is 9.44 Å². The SMILES string of the molecule is O=C(NC1CCN(CCc2ccccc2)C1)N1CC[N@@+]2([O-])CCC1C2. The lowest BCUT2D eigenvalue weighted by atomic mass is 10.1. The number of quaternary nitrogens is 1. The Bertz CT molecular complexity index is 611. The van der Waals surface area contributed by atoms with Crippen LogP contribution in [0.1, 0.15) is 18.4 Å². The van der Waals surface area contributed by atoms with E-state index in [1.807, 2.05) is 11.0 Å². The van der Waals surface area contributed by atoms with Gasteiger partial charge in [-0.15, -0.1) is 0 Å². The molecule has 6 nitrogen and oxygen atoms in total. The monoisotopic (exact) mass is 344 g/mol. The van der Waals surface area contributed by atoms with Crippen LogP contribution in [0.25, 0.3) is 0 Å². The highest BCUT2D eigenvalue weighted by Gasteiger charge is 2.42. The Morgan fingerprint density at radius 3 is 2.88 bits per heavy atom. The smallest absolute Gasteiger partial charge is 0.318 e. The quantitative estimate of drug-likeness (QED) is 0.664. The minimum atomic E-state index is -0.0921. The van der Waals surface area contributed by atoms with Gasteiger partial charge in [-0.3, -0.25) is 0 Å². The molecule has 6 heteroatoms. The summed E-state index contributed by atoms with van der Waals surface area (Å²) in [6, 6.07) is 11.0. The van der Waals surface area contributed by atoms with E-state index in [-0.39, 0.29) is 22.8 Å². The number of benzene rings is 1. The summed E-state index contributed by atoms with van der Waals surface area (Å²) < 4.78 is -0.0921. The van der Waals surface area contributed by atoms with Gasteiger partial charge < -0.3 is 25.0 Å². The predicted molar refractivity (Wildman–Crippen MR) is 96.9 cm³/mol. The lowest BCUT2D eigenvalue weighted by Gasteiger charge is -2.44. The molecule has 0 spiro atoms. The number of hydrogen-bond acceptors (Lipinski definition) is 3. The molecule has 2 unspecified atom stereocenters. The van der Waals surface area contributed by atoms with Gasteiger partial charge in [-0.05, 0) is 18.4 Å². The number of nitrogens with one attached hydrogen (secondary N) is 1.